The molecule has 9 heteroatoms. The second kappa shape index (κ2) is 11.3. The monoisotopic (exact) mass is 545 g/mol. The van der Waals surface area contributed by atoms with Crippen molar-refractivity contribution >= 4 is 46.3 Å². The molecular formula is C25H28BrN3O4S. The third-order valence-electron chi connectivity index (χ3n) is 6.20. The predicted octanol–water partition coefficient (Wildman–Crippen LogP) is 3.10. The number of nitrogens with one attached hydrogen (secondary N) is 1. The van der Waals surface area contributed by atoms with Crippen molar-refractivity contribution in [3.05, 3.63) is 64.1 Å². The highest BCUT2D eigenvalue weighted by Gasteiger charge is 2.32. The van der Waals surface area contributed by atoms with E-state index in [1.807, 2.05) is 23.1 Å². The van der Waals surface area contributed by atoms with Crippen molar-refractivity contribution in [1.29, 1.82) is 0 Å². The zero-order chi connectivity index (χ0) is 24.1. The normalized spacial score (nSPS) is 17.9. The van der Waals surface area contributed by atoms with Crippen molar-refractivity contribution in [2.75, 3.05) is 38.5 Å². The van der Waals surface area contributed by atoms with Gasteiger partial charge >= 0.3 is 0 Å². The quantitative estimate of drug-likeness (QED) is 0.499. The molecule has 2 heterocycles. The van der Waals surface area contributed by atoms with Crippen LogP contribution in [0, 0.1) is 0 Å². The van der Waals surface area contributed by atoms with Crippen LogP contribution >= 0.6 is 28.6 Å². The SMILES string of the molecule is O=C(COc1ccc(Br)cc1C(=O)N1CCC(c2ccccc2)C1)NC1CN(C(=O)CCS)C1. The van der Waals surface area contributed by atoms with Crippen LogP contribution in [0.1, 0.15) is 34.7 Å². The summed E-state index contributed by atoms with van der Waals surface area (Å²) in [7, 11) is 0. The van der Waals surface area contributed by atoms with Crippen molar-refractivity contribution in [3.8, 4) is 5.75 Å². The number of thiol groups is 1. The Morgan fingerprint density at radius 2 is 1.82 bits per heavy atom. The van der Waals surface area contributed by atoms with E-state index in [4.69, 9.17) is 4.74 Å². The highest BCUT2D eigenvalue weighted by atomic mass is 79.9. The Morgan fingerprint density at radius 1 is 1.06 bits per heavy atom. The van der Waals surface area contributed by atoms with Gasteiger partial charge in [-0.3, -0.25) is 14.4 Å². The molecule has 0 radical (unpaired) electrons. The number of rotatable bonds is 8. The molecule has 4 rings (SSSR count). The summed E-state index contributed by atoms with van der Waals surface area (Å²) in [6.45, 7) is 2.12. The van der Waals surface area contributed by atoms with Gasteiger partial charge in [0.15, 0.2) is 6.61 Å². The van der Waals surface area contributed by atoms with Gasteiger partial charge < -0.3 is 19.9 Å². The summed E-state index contributed by atoms with van der Waals surface area (Å²) in [6.07, 6.45) is 1.31. The van der Waals surface area contributed by atoms with Gasteiger partial charge in [0.25, 0.3) is 11.8 Å². The summed E-state index contributed by atoms with van der Waals surface area (Å²) in [6, 6.07) is 15.4. The van der Waals surface area contributed by atoms with E-state index in [0.717, 1.165) is 10.9 Å². The van der Waals surface area contributed by atoms with Crippen LogP contribution in [0.3, 0.4) is 0 Å². The Labute approximate surface area is 213 Å². The minimum Gasteiger partial charge on any atom is -0.483 e. The van der Waals surface area contributed by atoms with E-state index in [2.05, 4.69) is 46.0 Å². The molecule has 34 heavy (non-hydrogen) atoms. The fourth-order valence-corrected chi connectivity index (χ4v) is 4.90. The van der Waals surface area contributed by atoms with Crippen LogP contribution < -0.4 is 10.1 Å². The lowest BCUT2D eigenvalue weighted by atomic mass is 9.99. The molecule has 2 aliphatic rings. The highest BCUT2D eigenvalue weighted by Crippen LogP contribution is 2.31. The first-order chi connectivity index (χ1) is 16.4. The predicted molar refractivity (Wildman–Crippen MR) is 136 cm³/mol. The molecule has 2 aromatic carbocycles. The van der Waals surface area contributed by atoms with Crippen LogP contribution in [-0.4, -0.2) is 72.1 Å². The van der Waals surface area contributed by atoms with E-state index in [-0.39, 0.29) is 30.4 Å². The smallest absolute Gasteiger partial charge is 0.258 e. The second-order valence-electron chi connectivity index (χ2n) is 8.61. The largest absolute Gasteiger partial charge is 0.483 e. The fourth-order valence-electron chi connectivity index (χ4n) is 4.35. The molecule has 0 bridgehead atoms. The average molecular weight is 546 g/mol. The summed E-state index contributed by atoms with van der Waals surface area (Å²) in [5.74, 6) is 0.870. The van der Waals surface area contributed by atoms with Gasteiger partial charge in [-0.25, -0.2) is 0 Å². The van der Waals surface area contributed by atoms with Crippen molar-refractivity contribution in [3.63, 3.8) is 0 Å². The van der Waals surface area contributed by atoms with E-state index >= 15 is 0 Å². The van der Waals surface area contributed by atoms with Crippen LogP contribution in [0.15, 0.2) is 53.0 Å². The highest BCUT2D eigenvalue weighted by molar-refractivity contribution is 9.10. The van der Waals surface area contributed by atoms with Gasteiger partial charge in [-0.05, 0) is 35.9 Å². The Bertz CT molecular complexity index is 1050. The summed E-state index contributed by atoms with van der Waals surface area (Å²) in [5, 5.41) is 2.87. The number of benzene rings is 2. The van der Waals surface area contributed by atoms with Gasteiger partial charge in [-0.1, -0.05) is 46.3 Å². The Balaban J connectivity index is 1.32. The van der Waals surface area contributed by atoms with Gasteiger partial charge in [0.05, 0.1) is 11.6 Å². The third kappa shape index (κ3) is 5.93. The van der Waals surface area contributed by atoms with Crippen LogP contribution in [0.2, 0.25) is 0 Å². The summed E-state index contributed by atoms with van der Waals surface area (Å²) in [5.41, 5.74) is 1.67. The summed E-state index contributed by atoms with van der Waals surface area (Å²) in [4.78, 5) is 41.0. The molecule has 0 spiro atoms. The fraction of sp³-hybridized carbons (Fsp3) is 0.400. The van der Waals surface area contributed by atoms with Crippen molar-refractivity contribution in [2.24, 2.45) is 0 Å². The molecule has 0 aliphatic carbocycles. The maximum Gasteiger partial charge on any atom is 0.258 e. The Morgan fingerprint density at radius 3 is 2.56 bits per heavy atom. The van der Waals surface area contributed by atoms with E-state index in [9.17, 15) is 14.4 Å². The maximum atomic E-state index is 13.3. The van der Waals surface area contributed by atoms with Crippen LogP contribution in [0.5, 0.6) is 5.75 Å². The van der Waals surface area contributed by atoms with Gasteiger partial charge in [0.2, 0.25) is 5.91 Å². The number of hydrogen-bond donors (Lipinski definition) is 2. The first-order valence-electron chi connectivity index (χ1n) is 11.4. The number of amides is 3. The number of ether oxygens (including phenoxy) is 1. The standard InChI is InChI=1S/C25H28BrN3O4S/c26-19-6-7-22(33-16-23(30)27-20-14-29(15-20)24(31)9-11-34)21(12-19)25(32)28-10-8-18(13-28)17-4-2-1-3-5-17/h1-7,12,18,20,34H,8-11,13-16H2,(H,27,30). The molecule has 180 valence electrons. The van der Waals surface area contributed by atoms with Gasteiger partial charge in [-0.2, -0.15) is 12.6 Å². The molecular weight excluding hydrogens is 518 g/mol. The van der Waals surface area contributed by atoms with E-state index < -0.39 is 0 Å². The van der Waals surface area contributed by atoms with Gasteiger partial charge in [-0.15, -0.1) is 0 Å². The van der Waals surface area contributed by atoms with Crippen molar-refractivity contribution in [1.82, 2.24) is 15.1 Å². The molecule has 7 nitrogen and oxygen atoms in total. The first-order valence-corrected chi connectivity index (χ1v) is 12.8. The first kappa shape index (κ1) is 24.6. The van der Waals surface area contributed by atoms with Crippen molar-refractivity contribution < 1.29 is 19.1 Å². The molecule has 2 aliphatic heterocycles. The average Bonchev–Trinajstić information content (AvgIpc) is 3.31. The van der Waals surface area contributed by atoms with E-state index in [1.165, 1.54) is 5.56 Å². The third-order valence-corrected chi connectivity index (χ3v) is 6.92. The number of carbonyl (C=O) groups excluding carboxylic acids is 3. The lowest BCUT2D eigenvalue weighted by Gasteiger charge is -2.39. The van der Waals surface area contributed by atoms with Crippen LogP contribution in [0.4, 0.5) is 0 Å². The number of halogens is 1. The Hall–Kier alpha value is -2.52. The van der Waals surface area contributed by atoms with Crippen LogP contribution in [0.25, 0.3) is 0 Å². The molecule has 2 saturated heterocycles. The van der Waals surface area contributed by atoms with Crippen LogP contribution in [-0.2, 0) is 9.59 Å². The topological polar surface area (TPSA) is 79.0 Å². The molecule has 0 saturated carbocycles. The Kier molecular flexibility index (Phi) is 8.15. The lowest BCUT2D eigenvalue weighted by molar-refractivity contribution is -0.137. The molecule has 2 fully saturated rings. The molecule has 2 aromatic rings. The molecule has 1 atom stereocenters. The summed E-state index contributed by atoms with van der Waals surface area (Å²) < 4.78 is 6.53. The van der Waals surface area contributed by atoms with Gasteiger partial charge in [0, 0.05) is 43.0 Å². The number of hydrogen-bond acceptors (Lipinski definition) is 5. The lowest BCUT2D eigenvalue weighted by Crippen LogP contribution is -2.61. The number of nitrogens with zero attached hydrogens (tertiary/aromatic N) is 2. The molecule has 1 unspecified atom stereocenters. The summed E-state index contributed by atoms with van der Waals surface area (Å²) >= 11 is 7.51. The van der Waals surface area contributed by atoms with E-state index in [1.54, 1.807) is 23.1 Å². The molecule has 1 N–H and O–H groups in total. The maximum absolute atomic E-state index is 13.3. The van der Waals surface area contributed by atoms with Crippen molar-refractivity contribution in [2.45, 2.75) is 24.8 Å². The van der Waals surface area contributed by atoms with E-state index in [0.29, 0.717) is 55.6 Å². The number of likely N-dealkylation sites (tertiary alicyclic amines) is 2. The zero-order valence-electron chi connectivity index (χ0n) is 18.8. The second-order valence-corrected chi connectivity index (χ2v) is 9.98. The minimum absolute atomic E-state index is 0.0474. The molecule has 3 amide bonds. The molecule has 0 aromatic heterocycles. The van der Waals surface area contributed by atoms with Gasteiger partial charge in [0.1, 0.15) is 5.75 Å². The number of carbonyl (C=O) groups is 3. The minimum atomic E-state index is -0.280. The zero-order valence-corrected chi connectivity index (χ0v) is 21.3.